The van der Waals surface area contributed by atoms with Crippen LogP contribution in [0.2, 0.25) is 0 Å². The number of hydrogen-bond donors (Lipinski definition) is 0. The second-order valence-corrected chi connectivity index (χ2v) is 5.27. The van der Waals surface area contributed by atoms with E-state index in [0.717, 1.165) is 12.0 Å². The fourth-order valence-corrected chi connectivity index (χ4v) is 3.25. The number of carbonyl (C=O) groups excluding carboxylic acids is 1. The molecule has 2 unspecified atom stereocenters. The third-order valence-corrected chi connectivity index (χ3v) is 3.82. The molecule has 0 amide bonds. The molecule has 0 aromatic heterocycles. The van der Waals surface area contributed by atoms with Gasteiger partial charge >= 0.3 is 0 Å². The minimum atomic E-state index is 0.0492. The van der Waals surface area contributed by atoms with Crippen LogP contribution in [0.4, 0.5) is 0 Å². The molecule has 0 aromatic carbocycles. The Hall–Kier alpha value is -0.850. The number of Topliss-reactive ketones (excluding diaryl/α,β-unsaturated/α-hetero) is 1. The largest absolute Gasteiger partial charge is 0.295 e. The van der Waals surface area contributed by atoms with Crippen molar-refractivity contribution in [1.82, 2.24) is 0 Å². The van der Waals surface area contributed by atoms with E-state index in [1.54, 1.807) is 0 Å². The van der Waals surface area contributed by atoms with E-state index in [1.165, 1.54) is 5.57 Å². The highest BCUT2D eigenvalue weighted by molar-refractivity contribution is 5.99. The van der Waals surface area contributed by atoms with Gasteiger partial charge < -0.3 is 0 Å². The fraction of sp³-hybridized carbons (Fsp3) is 0.615. The lowest BCUT2D eigenvalue weighted by atomic mass is 9.58. The van der Waals surface area contributed by atoms with Gasteiger partial charge in [-0.1, -0.05) is 32.9 Å². The van der Waals surface area contributed by atoms with Crippen LogP contribution in [-0.4, -0.2) is 5.78 Å². The Labute approximate surface area is 85.9 Å². The third-order valence-electron chi connectivity index (χ3n) is 3.82. The van der Waals surface area contributed by atoms with Gasteiger partial charge in [-0.05, 0) is 29.7 Å². The smallest absolute Gasteiger partial charge is 0.159 e. The summed E-state index contributed by atoms with van der Waals surface area (Å²) in [5.74, 6) is 1.39. The Bertz CT molecular complexity index is 344. The molecule has 14 heavy (non-hydrogen) atoms. The van der Waals surface area contributed by atoms with Crippen LogP contribution in [0.1, 0.15) is 34.1 Å². The van der Waals surface area contributed by atoms with Gasteiger partial charge in [0.25, 0.3) is 0 Å². The summed E-state index contributed by atoms with van der Waals surface area (Å²) in [4.78, 5) is 11.9. The summed E-state index contributed by atoms with van der Waals surface area (Å²) in [6.07, 6.45) is 5.14. The van der Waals surface area contributed by atoms with Gasteiger partial charge in [-0.3, -0.25) is 4.79 Å². The lowest BCUT2D eigenvalue weighted by molar-refractivity contribution is -0.120. The summed E-state index contributed by atoms with van der Waals surface area (Å²) in [5, 5.41) is 0. The lowest BCUT2D eigenvalue weighted by Crippen LogP contribution is -2.41. The molecule has 1 fully saturated rings. The topological polar surface area (TPSA) is 17.1 Å². The van der Waals surface area contributed by atoms with Crippen LogP contribution in [-0.2, 0) is 4.79 Å². The van der Waals surface area contributed by atoms with Gasteiger partial charge in [0, 0.05) is 12.0 Å². The molecule has 0 spiro atoms. The number of carbonyl (C=O) groups is 1. The first-order valence-corrected chi connectivity index (χ1v) is 5.37. The molecule has 0 N–H and O–H groups in total. The summed E-state index contributed by atoms with van der Waals surface area (Å²) in [5.41, 5.74) is 2.29. The Kier molecular flexibility index (Phi) is 1.95. The van der Waals surface area contributed by atoms with Gasteiger partial charge in [-0.15, -0.1) is 0 Å². The summed E-state index contributed by atoms with van der Waals surface area (Å²) >= 11 is 0. The molecular formula is C13H18O. The average Bonchev–Trinajstić information content (AvgIpc) is 1.99. The van der Waals surface area contributed by atoms with Crippen molar-refractivity contribution in [2.75, 3.05) is 0 Å². The SMILES string of the molecule is CC1=C2C(=O)CC(C)C(C=C1)C2(C)C. The molecule has 2 atom stereocenters. The zero-order valence-electron chi connectivity index (χ0n) is 9.42. The first-order chi connectivity index (χ1) is 6.44. The number of allylic oxidation sites excluding steroid dienone is 4. The highest BCUT2D eigenvalue weighted by Crippen LogP contribution is 2.50. The zero-order valence-corrected chi connectivity index (χ0v) is 9.42. The molecule has 1 saturated carbocycles. The summed E-state index contributed by atoms with van der Waals surface area (Å²) in [6, 6.07) is 0. The zero-order chi connectivity index (χ0) is 10.5. The monoisotopic (exact) mass is 190 g/mol. The normalized spacial score (nSPS) is 35.0. The fourth-order valence-electron chi connectivity index (χ4n) is 3.25. The Morgan fingerprint density at radius 3 is 2.71 bits per heavy atom. The molecular weight excluding hydrogens is 172 g/mol. The molecule has 2 rings (SSSR count). The molecule has 76 valence electrons. The molecule has 0 saturated heterocycles. The van der Waals surface area contributed by atoms with E-state index in [1.807, 2.05) is 0 Å². The van der Waals surface area contributed by atoms with E-state index >= 15 is 0 Å². The molecule has 0 aromatic rings. The Balaban J connectivity index is 2.57. The molecule has 2 aliphatic carbocycles. The average molecular weight is 190 g/mol. The molecule has 1 heteroatoms. The number of rotatable bonds is 0. The first kappa shape index (κ1) is 9.70. The Morgan fingerprint density at radius 2 is 2.07 bits per heavy atom. The molecule has 0 radical (unpaired) electrons. The van der Waals surface area contributed by atoms with Crippen LogP contribution in [0, 0.1) is 17.3 Å². The van der Waals surface area contributed by atoms with Crippen LogP contribution in [0.5, 0.6) is 0 Å². The molecule has 2 aliphatic rings. The second kappa shape index (κ2) is 2.82. The Morgan fingerprint density at radius 1 is 1.43 bits per heavy atom. The van der Waals surface area contributed by atoms with E-state index < -0.39 is 0 Å². The highest BCUT2D eigenvalue weighted by Gasteiger charge is 2.45. The predicted molar refractivity (Wildman–Crippen MR) is 57.9 cm³/mol. The molecule has 2 bridgehead atoms. The summed E-state index contributed by atoms with van der Waals surface area (Å²) in [6.45, 7) is 8.64. The number of ketones is 1. The lowest BCUT2D eigenvalue weighted by Gasteiger charge is -2.45. The van der Waals surface area contributed by atoms with Gasteiger partial charge in [0.15, 0.2) is 5.78 Å². The van der Waals surface area contributed by atoms with E-state index in [-0.39, 0.29) is 5.41 Å². The van der Waals surface area contributed by atoms with Crippen molar-refractivity contribution in [3.8, 4) is 0 Å². The van der Waals surface area contributed by atoms with Gasteiger partial charge in [0.1, 0.15) is 0 Å². The third kappa shape index (κ3) is 1.11. The number of hydrogen-bond acceptors (Lipinski definition) is 1. The van der Waals surface area contributed by atoms with Gasteiger partial charge in [-0.2, -0.15) is 0 Å². The van der Waals surface area contributed by atoms with Crippen molar-refractivity contribution in [2.24, 2.45) is 17.3 Å². The van der Waals surface area contributed by atoms with E-state index in [0.29, 0.717) is 17.6 Å². The summed E-state index contributed by atoms with van der Waals surface area (Å²) in [7, 11) is 0. The van der Waals surface area contributed by atoms with Crippen LogP contribution >= 0.6 is 0 Å². The van der Waals surface area contributed by atoms with Gasteiger partial charge in [0.2, 0.25) is 0 Å². The van der Waals surface area contributed by atoms with Gasteiger partial charge in [0.05, 0.1) is 0 Å². The molecule has 0 aliphatic heterocycles. The van der Waals surface area contributed by atoms with E-state index in [9.17, 15) is 4.79 Å². The van der Waals surface area contributed by atoms with E-state index in [2.05, 4.69) is 39.8 Å². The van der Waals surface area contributed by atoms with Crippen molar-refractivity contribution in [2.45, 2.75) is 34.1 Å². The quantitative estimate of drug-likeness (QED) is 0.573. The highest BCUT2D eigenvalue weighted by atomic mass is 16.1. The van der Waals surface area contributed by atoms with Crippen LogP contribution in [0.25, 0.3) is 0 Å². The summed E-state index contributed by atoms with van der Waals surface area (Å²) < 4.78 is 0. The van der Waals surface area contributed by atoms with Crippen molar-refractivity contribution >= 4 is 5.78 Å². The molecule has 0 heterocycles. The van der Waals surface area contributed by atoms with E-state index in [4.69, 9.17) is 0 Å². The maximum absolute atomic E-state index is 11.9. The maximum Gasteiger partial charge on any atom is 0.159 e. The van der Waals surface area contributed by atoms with Crippen molar-refractivity contribution in [3.63, 3.8) is 0 Å². The van der Waals surface area contributed by atoms with Crippen LogP contribution in [0.3, 0.4) is 0 Å². The van der Waals surface area contributed by atoms with Crippen LogP contribution < -0.4 is 0 Å². The number of fused-ring (bicyclic) bond motifs is 2. The van der Waals surface area contributed by atoms with Crippen molar-refractivity contribution < 1.29 is 4.79 Å². The van der Waals surface area contributed by atoms with Crippen molar-refractivity contribution in [1.29, 1.82) is 0 Å². The predicted octanol–water partition coefficient (Wildman–Crippen LogP) is 3.12. The minimum absolute atomic E-state index is 0.0492. The first-order valence-electron chi connectivity index (χ1n) is 5.37. The van der Waals surface area contributed by atoms with Crippen molar-refractivity contribution in [3.05, 3.63) is 23.3 Å². The molecule has 1 nitrogen and oxygen atoms in total. The van der Waals surface area contributed by atoms with Crippen LogP contribution in [0.15, 0.2) is 23.3 Å². The second-order valence-electron chi connectivity index (χ2n) is 5.27. The minimum Gasteiger partial charge on any atom is -0.295 e. The van der Waals surface area contributed by atoms with Gasteiger partial charge in [-0.25, -0.2) is 0 Å². The maximum atomic E-state index is 11.9. The standard InChI is InChI=1S/C13H18O/c1-8-5-6-10-9(2)7-11(14)12(8)13(10,3)4/h5-6,9-10H,7H2,1-4H3.